The zero-order chi connectivity index (χ0) is 11.9. The number of rotatable bonds is 0. The van der Waals surface area contributed by atoms with Gasteiger partial charge in [-0.25, -0.2) is 0 Å². The Morgan fingerprint density at radius 1 is 1.25 bits per heavy atom. The second-order valence-electron chi connectivity index (χ2n) is 3.15. The average Bonchev–Trinajstić information content (AvgIpc) is 2.22. The minimum atomic E-state index is -4.36. The Balaban J connectivity index is 2.74. The van der Waals surface area contributed by atoms with Crippen molar-refractivity contribution in [3.63, 3.8) is 0 Å². The Morgan fingerprint density at radius 3 is 2.56 bits per heavy atom. The van der Waals surface area contributed by atoms with Gasteiger partial charge < -0.3 is 0 Å². The molecule has 0 amide bonds. The Kier molecular flexibility index (Phi) is 3.00. The van der Waals surface area contributed by atoms with Gasteiger partial charge in [-0.1, -0.05) is 11.6 Å². The van der Waals surface area contributed by atoms with Gasteiger partial charge in [0, 0.05) is 11.6 Å². The minimum absolute atomic E-state index is 0.303. The van der Waals surface area contributed by atoms with E-state index in [0.717, 1.165) is 12.1 Å². The molecule has 0 aliphatic rings. The van der Waals surface area contributed by atoms with Crippen molar-refractivity contribution in [3.05, 3.63) is 38.6 Å². The number of alkyl halides is 3. The van der Waals surface area contributed by atoms with Crippen LogP contribution in [0.4, 0.5) is 13.2 Å². The molecule has 0 fully saturated rings. The van der Waals surface area contributed by atoms with E-state index in [1.807, 2.05) is 22.6 Å². The number of aromatic nitrogens is 1. The zero-order valence-corrected chi connectivity index (χ0v) is 10.6. The summed E-state index contributed by atoms with van der Waals surface area (Å²) in [6.07, 6.45) is -2.84. The first-order chi connectivity index (χ1) is 7.39. The summed E-state index contributed by atoms with van der Waals surface area (Å²) >= 11 is 7.86. The summed E-state index contributed by atoms with van der Waals surface area (Å²) in [6, 6.07) is 3.34. The smallest absolute Gasteiger partial charge is 0.255 e. The van der Waals surface area contributed by atoms with Crippen molar-refractivity contribution >= 4 is 45.1 Å². The maximum Gasteiger partial charge on any atom is 0.416 e. The molecule has 2 rings (SSSR count). The monoisotopic (exact) mass is 357 g/mol. The molecule has 1 heterocycles. The molecular weight excluding hydrogens is 353 g/mol. The molecule has 0 saturated heterocycles. The van der Waals surface area contributed by atoms with Crippen molar-refractivity contribution < 1.29 is 13.2 Å². The number of halogens is 5. The van der Waals surface area contributed by atoms with E-state index in [1.165, 1.54) is 12.3 Å². The fraction of sp³-hybridized carbons (Fsp3) is 0.100. The predicted octanol–water partition coefficient (Wildman–Crippen LogP) is 4.51. The van der Waals surface area contributed by atoms with Crippen LogP contribution >= 0.6 is 34.2 Å². The lowest BCUT2D eigenvalue weighted by Gasteiger charge is -2.08. The first kappa shape index (κ1) is 11.9. The maximum atomic E-state index is 12.5. The van der Waals surface area contributed by atoms with Crippen LogP contribution in [0, 0.1) is 3.57 Å². The lowest BCUT2D eigenvalue weighted by atomic mass is 10.1. The molecule has 6 heteroatoms. The normalized spacial score (nSPS) is 12.1. The molecule has 16 heavy (non-hydrogen) atoms. The summed E-state index contributed by atoms with van der Waals surface area (Å²) in [6.45, 7) is 0. The Bertz CT molecular complexity index is 553. The van der Waals surface area contributed by atoms with Gasteiger partial charge in [-0.2, -0.15) is 13.2 Å². The van der Waals surface area contributed by atoms with Crippen LogP contribution in [-0.2, 0) is 6.18 Å². The maximum absolute atomic E-state index is 12.5. The number of hydrogen-bond acceptors (Lipinski definition) is 1. The number of pyridine rings is 1. The van der Waals surface area contributed by atoms with Gasteiger partial charge in [0.1, 0.15) is 0 Å². The second kappa shape index (κ2) is 4.03. The van der Waals surface area contributed by atoms with Crippen molar-refractivity contribution in [2.24, 2.45) is 0 Å². The van der Waals surface area contributed by atoms with E-state index in [0.29, 0.717) is 19.5 Å². The topological polar surface area (TPSA) is 12.9 Å². The van der Waals surface area contributed by atoms with Gasteiger partial charge in [-0.05, 0) is 40.8 Å². The molecule has 0 N–H and O–H groups in total. The number of hydrogen-bond donors (Lipinski definition) is 0. The van der Waals surface area contributed by atoms with Crippen LogP contribution in [0.25, 0.3) is 10.9 Å². The highest BCUT2D eigenvalue weighted by molar-refractivity contribution is 14.1. The second-order valence-corrected chi connectivity index (χ2v) is 4.69. The van der Waals surface area contributed by atoms with Crippen LogP contribution in [0.1, 0.15) is 5.56 Å². The van der Waals surface area contributed by atoms with Gasteiger partial charge in [0.15, 0.2) is 0 Å². The first-order valence-electron chi connectivity index (χ1n) is 4.20. The van der Waals surface area contributed by atoms with Gasteiger partial charge >= 0.3 is 6.18 Å². The van der Waals surface area contributed by atoms with Crippen LogP contribution < -0.4 is 0 Å². The number of benzene rings is 1. The summed E-state index contributed by atoms with van der Waals surface area (Å²) in [5, 5.41) is 0.625. The van der Waals surface area contributed by atoms with Crippen LogP contribution in [0.5, 0.6) is 0 Å². The van der Waals surface area contributed by atoms with Gasteiger partial charge in [-0.3, -0.25) is 4.98 Å². The Morgan fingerprint density at radius 2 is 1.94 bits per heavy atom. The quantitative estimate of drug-likeness (QED) is 0.632. The highest BCUT2D eigenvalue weighted by Crippen LogP contribution is 2.34. The van der Waals surface area contributed by atoms with Gasteiger partial charge in [0.05, 0.1) is 19.7 Å². The summed E-state index contributed by atoms with van der Waals surface area (Å²) in [5.74, 6) is 0. The van der Waals surface area contributed by atoms with E-state index in [2.05, 4.69) is 4.98 Å². The molecule has 0 atom stereocenters. The van der Waals surface area contributed by atoms with Crippen molar-refractivity contribution in [1.82, 2.24) is 4.98 Å². The molecule has 0 unspecified atom stereocenters. The number of nitrogens with zero attached hydrogens (tertiary/aromatic N) is 1. The molecule has 0 radical (unpaired) electrons. The van der Waals surface area contributed by atoms with Crippen molar-refractivity contribution in [1.29, 1.82) is 0 Å². The average molecular weight is 358 g/mol. The predicted molar refractivity (Wildman–Crippen MR) is 64.5 cm³/mol. The van der Waals surface area contributed by atoms with E-state index in [9.17, 15) is 13.2 Å². The molecule has 0 aliphatic carbocycles. The first-order valence-corrected chi connectivity index (χ1v) is 5.66. The molecule has 0 spiro atoms. The molecule has 0 bridgehead atoms. The Hall–Kier alpha value is -0.560. The SMILES string of the molecule is FC(F)(F)c1ccc2ncc(I)c(Cl)c2c1. The molecule has 1 aromatic heterocycles. The summed E-state index contributed by atoms with van der Waals surface area (Å²) < 4.78 is 38.1. The van der Waals surface area contributed by atoms with Crippen LogP contribution in [0.15, 0.2) is 24.4 Å². The summed E-state index contributed by atoms with van der Waals surface area (Å²) in [5.41, 5.74) is -0.260. The lowest BCUT2D eigenvalue weighted by molar-refractivity contribution is -0.137. The third-order valence-electron chi connectivity index (χ3n) is 2.09. The zero-order valence-electron chi connectivity index (χ0n) is 7.65. The van der Waals surface area contributed by atoms with E-state index >= 15 is 0 Å². The third kappa shape index (κ3) is 2.10. The lowest BCUT2D eigenvalue weighted by Crippen LogP contribution is -2.04. The fourth-order valence-corrected chi connectivity index (χ4v) is 1.94. The van der Waals surface area contributed by atoms with Crippen molar-refractivity contribution in [2.45, 2.75) is 6.18 Å². The standard InChI is InChI=1S/C10H4ClF3IN/c11-9-6-3-5(10(12,13)14)1-2-8(6)16-4-7(9)15/h1-4H. The summed E-state index contributed by atoms with van der Waals surface area (Å²) in [4.78, 5) is 4.01. The van der Waals surface area contributed by atoms with Gasteiger partial charge in [0.2, 0.25) is 0 Å². The number of fused-ring (bicyclic) bond motifs is 1. The van der Waals surface area contributed by atoms with E-state index < -0.39 is 11.7 Å². The van der Waals surface area contributed by atoms with Crippen LogP contribution in [-0.4, -0.2) is 4.98 Å². The van der Waals surface area contributed by atoms with Crippen molar-refractivity contribution in [2.75, 3.05) is 0 Å². The van der Waals surface area contributed by atoms with E-state index in [4.69, 9.17) is 11.6 Å². The molecule has 1 aromatic carbocycles. The van der Waals surface area contributed by atoms with Crippen molar-refractivity contribution in [3.8, 4) is 0 Å². The molecule has 0 saturated carbocycles. The fourth-order valence-electron chi connectivity index (χ4n) is 1.31. The Labute approximate surface area is 108 Å². The summed E-state index contributed by atoms with van der Waals surface area (Å²) in [7, 11) is 0. The molecule has 0 aliphatic heterocycles. The highest BCUT2D eigenvalue weighted by atomic mass is 127. The third-order valence-corrected chi connectivity index (χ3v) is 3.63. The molecule has 84 valence electrons. The molecular formula is C10H4ClF3IN. The van der Waals surface area contributed by atoms with Crippen LogP contribution in [0.3, 0.4) is 0 Å². The van der Waals surface area contributed by atoms with Crippen LogP contribution in [0.2, 0.25) is 5.02 Å². The molecule has 1 nitrogen and oxygen atoms in total. The minimum Gasteiger partial charge on any atom is -0.255 e. The molecule has 2 aromatic rings. The van der Waals surface area contributed by atoms with Gasteiger partial charge in [0.25, 0.3) is 0 Å². The van der Waals surface area contributed by atoms with E-state index in [1.54, 1.807) is 0 Å². The largest absolute Gasteiger partial charge is 0.416 e. The van der Waals surface area contributed by atoms with Gasteiger partial charge in [-0.15, -0.1) is 0 Å². The highest BCUT2D eigenvalue weighted by Gasteiger charge is 2.30. The van der Waals surface area contributed by atoms with E-state index in [-0.39, 0.29) is 0 Å².